The van der Waals surface area contributed by atoms with Crippen LogP contribution in [0.3, 0.4) is 0 Å². The number of benzene rings is 2. The van der Waals surface area contributed by atoms with Gasteiger partial charge >= 0.3 is 0 Å². The van der Waals surface area contributed by atoms with E-state index in [1.54, 1.807) is 11.8 Å². The average Bonchev–Trinajstić information content (AvgIpc) is 2.69. The predicted octanol–water partition coefficient (Wildman–Crippen LogP) is 4.22. The standard InChI is InChI=1S/C22H28N2OS/c25-22(18-26-17-21-7-3-1-4-8-21)23-15-19-9-11-20(12-10-19)16-24-13-5-2-6-14-24/h1,3-4,7-12H,2,5-6,13-18H2,(H,23,25). The first-order chi connectivity index (χ1) is 12.8. The molecule has 1 heterocycles. The maximum Gasteiger partial charge on any atom is 0.230 e. The molecule has 3 nitrogen and oxygen atoms in total. The van der Waals surface area contributed by atoms with Gasteiger partial charge < -0.3 is 5.32 Å². The molecule has 1 saturated heterocycles. The van der Waals surface area contributed by atoms with Gasteiger partial charge in [0.15, 0.2) is 0 Å². The number of piperidine rings is 1. The number of thioether (sulfide) groups is 1. The summed E-state index contributed by atoms with van der Waals surface area (Å²) in [5, 5.41) is 3.02. The third kappa shape index (κ3) is 6.50. The van der Waals surface area contributed by atoms with Crippen LogP contribution >= 0.6 is 11.8 Å². The van der Waals surface area contributed by atoms with Crippen molar-refractivity contribution >= 4 is 17.7 Å². The fourth-order valence-corrected chi connectivity index (χ4v) is 4.04. The second-order valence-electron chi connectivity index (χ2n) is 6.91. The van der Waals surface area contributed by atoms with Crippen LogP contribution in [0.4, 0.5) is 0 Å². The fourth-order valence-electron chi connectivity index (χ4n) is 3.23. The summed E-state index contributed by atoms with van der Waals surface area (Å²) in [5.41, 5.74) is 3.78. The molecule has 0 spiro atoms. The van der Waals surface area contributed by atoms with Gasteiger partial charge in [0.25, 0.3) is 0 Å². The molecule has 2 aromatic rings. The van der Waals surface area contributed by atoms with Gasteiger partial charge in [-0.3, -0.25) is 9.69 Å². The van der Waals surface area contributed by atoms with Gasteiger partial charge in [-0.05, 0) is 42.6 Å². The Bertz CT molecular complexity index is 666. The van der Waals surface area contributed by atoms with E-state index in [9.17, 15) is 4.79 Å². The van der Waals surface area contributed by atoms with E-state index in [1.165, 1.54) is 43.5 Å². The van der Waals surface area contributed by atoms with Crippen LogP contribution in [0.25, 0.3) is 0 Å². The van der Waals surface area contributed by atoms with Gasteiger partial charge in [0.1, 0.15) is 0 Å². The van der Waals surface area contributed by atoms with Crippen molar-refractivity contribution in [3.63, 3.8) is 0 Å². The number of nitrogens with one attached hydrogen (secondary N) is 1. The highest BCUT2D eigenvalue weighted by Crippen LogP contribution is 2.14. The van der Waals surface area contributed by atoms with Crippen molar-refractivity contribution in [2.24, 2.45) is 0 Å². The zero-order chi connectivity index (χ0) is 18.0. The number of carbonyl (C=O) groups excluding carboxylic acids is 1. The minimum atomic E-state index is 0.100. The van der Waals surface area contributed by atoms with Gasteiger partial charge in [0, 0.05) is 18.8 Å². The number of carbonyl (C=O) groups is 1. The smallest absolute Gasteiger partial charge is 0.230 e. The molecule has 0 aromatic heterocycles. The third-order valence-electron chi connectivity index (χ3n) is 4.71. The number of rotatable bonds is 8. The fraction of sp³-hybridized carbons (Fsp3) is 0.409. The van der Waals surface area contributed by atoms with Crippen LogP contribution in [-0.2, 0) is 23.6 Å². The Hall–Kier alpha value is -1.78. The number of amides is 1. The molecule has 1 amide bonds. The van der Waals surface area contributed by atoms with E-state index in [2.05, 4.69) is 46.6 Å². The lowest BCUT2D eigenvalue weighted by Crippen LogP contribution is -2.29. The molecule has 1 aliphatic rings. The summed E-state index contributed by atoms with van der Waals surface area (Å²) in [6, 6.07) is 18.9. The quantitative estimate of drug-likeness (QED) is 0.757. The highest BCUT2D eigenvalue weighted by molar-refractivity contribution is 7.99. The molecule has 0 unspecified atom stereocenters. The molecular formula is C22H28N2OS. The molecule has 3 rings (SSSR count). The summed E-state index contributed by atoms with van der Waals surface area (Å²) in [7, 11) is 0. The van der Waals surface area contributed by atoms with Crippen LogP contribution in [-0.4, -0.2) is 29.6 Å². The van der Waals surface area contributed by atoms with E-state index in [1.807, 2.05) is 18.2 Å². The molecule has 0 radical (unpaired) electrons. The van der Waals surface area contributed by atoms with Crippen LogP contribution in [0.15, 0.2) is 54.6 Å². The number of hydrogen-bond donors (Lipinski definition) is 1. The first-order valence-corrected chi connectivity index (χ1v) is 10.6. The van der Waals surface area contributed by atoms with Crippen molar-refractivity contribution in [3.05, 3.63) is 71.3 Å². The van der Waals surface area contributed by atoms with Gasteiger partial charge in [0.05, 0.1) is 5.75 Å². The lowest BCUT2D eigenvalue weighted by atomic mass is 10.1. The van der Waals surface area contributed by atoms with Crippen LogP contribution in [0, 0.1) is 0 Å². The van der Waals surface area contributed by atoms with Crippen molar-refractivity contribution in [2.75, 3.05) is 18.8 Å². The number of likely N-dealkylation sites (tertiary alicyclic amines) is 1. The number of hydrogen-bond acceptors (Lipinski definition) is 3. The molecular weight excluding hydrogens is 340 g/mol. The van der Waals surface area contributed by atoms with Crippen molar-refractivity contribution in [1.82, 2.24) is 10.2 Å². The molecule has 1 aliphatic heterocycles. The summed E-state index contributed by atoms with van der Waals surface area (Å²) >= 11 is 1.65. The van der Waals surface area contributed by atoms with Gasteiger partial charge in [-0.2, -0.15) is 0 Å². The highest BCUT2D eigenvalue weighted by Gasteiger charge is 2.10. The van der Waals surface area contributed by atoms with E-state index < -0.39 is 0 Å². The molecule has 4 heteroatoms. The molecule has 0 atom stereocenters. The lowest BCUT2D eigenvalue weighted by molar-refractivity contribution is -0.118. The van der Waals surface area contributed by atoms with Crippen LogP contribution in [0.5, 0.6) is 0 Å². The highest BCUT2D eigenvalue weighted by atomic mass is 32.2. The van der Waals surface area contributed by atoms with Gasteiger partial charge in [-0.15, -0.1) is 11.8 Å². The Morgan fingerprint density at radius 1 is 0.885 bits per heavy atom. The SMILES string of the molecule is O=C(CSCc1ccccc1)NCc1ccc(CN2CCCCC2)cc1. The summed E-state index contributed by atoms with van der Waals surface area (Å²) in [4.78, 5) is 14.5. The van der Waals surface area contributed by atoms with Crippen molar-refractivity contribution in [1.29, 1.82) is 0 Å². The monoisotopic (exact) mass is 368 g/mol. The Kier molecular flexibility index (Phi) is 7.59. The maximum absolute atomic E-state index is 12.0. The molecule has 0 saturated carbocycles. The molecule has 1 fully saturated rings. The lowest BCUT2D eigenvalue weighted by Gasteiger charge is -2.26. The van der Waals surface area contributed by atoms with E-state index >= 15 is 0 Å². The zero-order valence-corrected chi connectivity index (χ0v) is 16.1. The number of nitrogens with zero attached hydrogens (tertiary/aromatic N) is 1. The topological polar surface area (TPSA) is 32.3 Å². The van der Waals surface area contributed by atoms with Crippen LogP contribution in [0.2, 0.25) is 0 Å². The van der Waals surface area contributed by atoms with E-state index in [0.717, 1.165) is 17.9 Å². The summed E-state index contributed by atoms with van der Waals surface area (Å²) < 4.78 is 0. The minimum Gasteiger partial charge on any atom is -0.351 e. The summed E-state index contributed by atoms with van der Waals surface area (Å²) in [6.45, 7) is 4.09. The van der Waals surface area contributed by atoms with E-state index in [4.69, 9.17) is 0 Å². The Morgan fingerprint density at radius 2 is 1.58 bits per heavy atom. The zero-order valence-electron chi connectivity index (χ0n) is 15.3. The molecule has 0 bridgehead atoms. The molecule has 138 valence electrons. The van der Waals surface area contributed by atoms with Crippen molar-refractivity contribution in [2.45, 2.75) is 38.1 Å². The second-order valence-corrected chi connectivity index (χ2v) is 7.89. The third-order valence-corrected chi connectivity index (χ3v) is 5.72. The normalized spacial score (nSPS) is 14.9. The Morgan fingerprint density at radius 3 is 2.31 bits per heavy atom. The van der Waals surface area contributed by atoms with Crippen molar-refractivity contribution in [3.8, 4) is 0 Å². The molecule has 26 heavy (non-hydrogen) atoms. The summed E-state index contributed by atoms with van der Waals surface area (Å²) in [6.07, 6.45) is 4.03. The van der Waals surface area contributed by atoms with Crippen LogP contribution < -0.4 is 5.32 Å². The Balaban J connectivity index is 1.35. The van der Waals surface area contributed by atoms with Gasteiger partial charge in [-0.25, -0.2) is 0 Å². The first kappa shape index (κ1) is 19.0. The summed E-state index contributed by atoms with van der Waals surface area (Å²) in [5.74, 6) is 1.48. The van der Waals surface area contributed by atoms with Crippen LogP contribution in [0.1, 0.15) is 36.0 Å². The Labute approximate surface area is 161 Å². The van der Waals surface area contributed by atoms with Crippen molar-refractivity contribution < 1.29 is 4.79 Å². The minimum absolute atomic E-state index is 0.100. The second kappa shape index (κ2) is 10.4. The van der Waals surface area contributed by atoms with E-state index in [-0.39, 0.29) is 5.91 Å². The maximum atomic E-state index is 12.0. The molecule has 2 aromatic carbocycles. The van der Waals surface area contributed by atoms with E-state index in [0.29, 0.717) is 12.3 Å². The molecule has 1 N–H and O–H groups in total. The largest absolute Gasteiger partial charge is 0.351 e. The average molecular weight is 369 g/mol. The van der Waals surface area contributed by atoms with Gasteiger partial charge in [0.2, 0.25) is 5.91 Å². The molecule has 0 aliphatic carbocycles. The predicted molar refractivity (Wildman–Crippen MR) is 110 cm³/mol. The van der Waals surface area contributed by atoms with Gasteiger partial charge in [-0.1, -0.05) is 61.0 Å². The first-order valence-electron chi connectivity index (χ1n) is 9.48.